The summed E-state index contributed by atoms with van der Waals surface area (Å²) in [4.78, 5) is 0. The largest absolute Gasteiger partial charge is 1.00 e. The first kappa shape index (κ1) is 16.8. The van der Waals surface area contributed by atoms with E-state index in [1.54, 1.807) is 0 Å². The zero-order chi connectivity index (χ0) is 11.9. The van der Waals surface area contributed by atoms with Gasteiger partial charge in [0, 0.05) is 10.6 Å². The topological polar surface area (TPSA) is 0 Å². The maximum atomic E-state index is 12.2. The van der Waals surface area contributed by atoms with Gasteiger partial charge in [-0.3, -0.25) is 0 Å². The number of alkyl halides is 3. The molecule has 0 fully saturated rings. The van der Waals surface area contributed by atoms with Crippen LogP contribution in [-0.4, -0.2) is 6.98 Å². The molecule has 0 amide bonds. The van der Waals surface area contributed by atoms with Crippen molar-refractivity contribution in [3.63, 3.8) is 0 Å². The first-order chi connectivity index (χ1) is 6.62. The van der Waals surface area contributed by atoms with Gasteiger partial charge in [0.25, 0.3) is 0 Å². The first-order valence-corrected chi connectivity index (χ1v) is 4.07. The molecule has 0 heterocycles. The Hall–Kier alpha value is 0.791. The molecule has 9 heteroatoms. The molecular weight excluding hydrogens is 283 g/mol. The van der Waals surface area contributed by atoms with Gasteiger partial charge in [0.05, 0.1) is 0 Å². The summed E-state index contributed by atoms with van der Waals surface area (Å²) < 4.78 is 73.3. The standard InChI is InChI=1S/C7H3BClF6.K/c9-4-1-2-6(8(13,14)15)5(3-4)7(10,11)12;/h1-3H;/q-1;+1. The zero-order valence-corrected chi connectivity index (χ0v) is 11.8. The minimum absolute atomic E-state index is 0. The monoisotopic (exact) mass is 286 g/mol. The summed E-state index contributed by atoms with van der Waals surface area (Å²) in [6.07, 6.45) is -5.06. The van der Waals surface area contributed by atoms with Crippen LogP contribution in [0.4, 0.5) is 26.1 Å². The second-order valence-electron chi connectivity index (χ2n) is 2.80. The molecule has 0 spiro atoms. The van der Waals surface area contributed by atoms with Crippen LogP contribution in [0.3, 0.4) is 0 Å². The molecule has 0 atom stereocenters. The molecule has 0 saturated heterocycles. The van der Waals surface area contributed by atoms with Crippen LogP contribution in [0.1, 0.15) is 5.56 Å². The third kappa shape index (κ3) is 4.23. The van der Waals surface area contributed by atoms with E-state index in [1.807, 2.05) is 0 Å². The van der Waals surface area contributed by atoms with E-state index in [0.29, 0.717) is 6.07 Å². The predicted octanol–water partition coefficient (Wildman–Crippen LogP) is 0.417. The van der Waals surface area contributed by atoms with Gasteiger partial charge < -0.3 is 12.9 Å². The van der Waals surface area contributed by atoms with Crippen LogP contribution < -0.4 is 56.8 Å². The van der Waals surface area contributed by atoms with Crippen molar-refractivity contribution in [3.8, 4) is 0 Å². The molecule has 1 aromatic rings. The number of rotatable bonds is 1. The van der Waals surface area contributed by atoms with E-state index in [1.165, 1.54) is 0 Å². The molecule has 0 aliphatic carbocycles. The third-order valence-electron chi connectivity index (χ3n) is 1.67. The van der Waals surface area contributed by atoms with E-state index in [0.717, 1.165) is 6.07 Å². The average Bonchev–Trinajstić information content (AvgIpc) is 2.00. The van der Waals surface area contributed by atoms with Gasteiger partial charge in [0.1, 0.15) is 0 Å². The number of hydrogen-bond donors (Lipinski definition) is 0. The Kier molecular flexibility index (Phi) is 5.90. The van der Waals surface area contributed by atoms with E-state index in [2.05, 4.69) is 0 Å². The molecule has 84 valence electrons. The minimum atomic E-state index is -5.70. The maximum absolute atomic E-state index is 12.2. The number of benzene rings is 1. The Morgan fingerprint density at radius 2 is 1.56 bits per heavy atom. The molecule has 0 aromatic heterocycles. The Bertz CT molecular complexity index is 374. The third-order valence-corrected chi connectivity index (χ3v) is 1.91. The van der Waals surface area contributed by atoms with Crippen molar-refractivity contribution in [1.82, 2.24) is 0 Å². The fourth-order valence-corrected chi connectivity index (χ4v) is 1.23. The van der Waals surface area contributed by atoms with Crippen molar-refractivity contribution >= 4 is 24.0 Å². The summed E-state index contributed by atoms with van der Waals surface area (Å²) >= 11 is 5.21. The average molecular weight is 286 g/mol. The maximum Gasteiger partial charge on any atom is 1.00 e. The van der Waals surface area contributed by atoms with Crippen molar-refractivity contribution < 1.29 is 77.5 Å². The summed E-state index contributed by atoms with van der Waals surface area (Å²) in [5.74, 6) is 0. The number of hydrogen-bond acceptors (Lipinski definition) is 0. The van der Waals surface area contributed by atoms with E-state index < -0.39 is 24.2 Å². The molecular formula is C7H3BClF6K. The Morgan fingerprint density at radius 3 is 1.94 bits per heavy atom. The van der Waals surface area contributed by atoms with Crippen molar-refractivity contribution in [2.75, 3.05) is 0 Å². The zero-order valence-electron chi connectivity index (χ0n) is 7.96. The molecule has 0 nitrogen and oxygen atoms in total. The van der Waals surface area contributed by atoms with Gasteiger partial charge in [-0.1, -0.05) is 23.1 Å². The summed E-state index contributed by atoms with van der Waals surface area (Å²) in [6, 6.07) is 1.39. The summed E-state index contributed by atoms with van der Waals surface area (Å²) in [5.41, 5.74) is -3.42. The molecule has 1 aromatic carbocycles. The molecule has 16 heavy (non-hydrogen) atoms. The van der Waals surface area contributed by atoms with Crippen LogP contribution in [0.2, 0.25) is 5.02 Å². The van der Waals surface area contributed by atoms with Crippen molar-refractivity contribution in [3.05, 3.63) is 28.8 Å². The summed E-state index contributed by atoms with van der Waals surface area (Å²) in [7, 11) is 0. The quantitative estimate of drug-likeness (QED) is 0.518. The Labute approximate surface area is 135 Å². The predicted molar refractivity (Wildman–Crippen MR) is 45.2 cm³/mol. The summed E-state index contributed by atoms with van der Waals surface area (Å²) in [6.45, 7) is -5.70. The molecule has 0 aliphatic rings. The Morgan fingerprint density at radius 1 is 1.06 bits per heavy atom. The summed E-state index contributed by atoms with van der Waals surface area (Å²) in [5, 5.41) is -0.383. The molecule has 0 radical (unpaired) electrons. The van der Waals surface area contributed by atoms with Gasteiger partial charge in [-0.2, -0.15) is 13.2 Å². The van der Waals surface area contributed by atoms with Crippen LogP contribution >= 0.6 is 11.6 Å². The van der Waals surface area contributed by atoms with E-state index in [4.69, 9.17) is 11.6 Å². The Balaban J connectivity index is 0.00000225. The fraction of sp³-hybridized carbons (Fsp3) is 0.143. The molecule has 0 aliphatic heterocycles. The molecule has 0 unspecified atom stereocenters. The van der Waals surface area contributed by atoms with Crippen LogP contribution in [0.25, 0.3) is 0 Å². The van der Waals surface area contributed by atoms with Gasteiger partial charge in [0.2, 0.25) is 0 Å². The number of halogens is 7. The second-order valence-corrected chi connectivity index (χ2v) is 3.24. The van der Waals surface area contributed by atoms with Gasteiger partial charge in [-0.25, -0.2) is 0 Å². The van der Waals surface area contributed by atoms with Gasteiger partial charge in [-0.05, 0) is 12.1 Å². The van der Waals surface area contributed by atoms with Gasteiger partial charge >= 0.3 is 64.5 Å². The molecule has 1 rings (SSSR count). The van der Waals surface area contributed by atoms with Crippen molar-refractivity contribution in [2.45, 2.75) is 6.18 Å². The van der Waals surface area contributed by atoms with Crippen LogP contribution in [0, 0.1) is 0 Å². The molecule has 0 bridgehead atoms. The smallest absolute Gasteiger partial charge is 0.445 e. The van der Waals surface area contributed by atoms with E-state index in [-0.39, 0.29) is 62.5 Å². The van der Waals surface area contributed by atoms with Crippen molar-refractivity contribution in [1.29, 1.82) is 0 Å². The van der Waals surface area contributed by atoms with Crippen LogP contribution in [-0.2, 0) is 6.18 Å². The molecule has 0 N–H and O–H groups in total. The van der Waals surface area contributed by atoms with E-state index >= 15 is 0 Å². The van der Waals surface area contributed by atoms with Crippen LogP contribution in [0.5, 0.6) is 0 Å². The minimum Gasteiger partial charge on any atom is -0.445 e. The normalized spacial score (nSPS) is 12.2. The fourth-order valence-electron chi connectivity index (χ4n) is 1.06. The van der Waals surface area contributed by atoms with Crippen molar-refractivity contribution in [2.24, 2.45) is 0 Å². The SMILES string of the molecule is F[B-](F)(F)c1ccc(Cl)cc1C(F)(F)F.[K+]. The van der Waals surface area contributed by atoms with Crippen LogP contribution in [0.15, 0.2) is 18.2 Å². The molecule has 0 saturated carbocycles. The van der Waals surface area contributed by atoms with E-state index in [9.17, 15) is 26.1 Å². The first-order valence-electron chi connectivity index (χ1n) is 3.69. The second kappa shape index (κ2) is 5.62. The van der Waals surface area contributed by atoms with Gasteiger partial charge in [0.15, 0.2) is 0 Å². The van der Waals surface area contributed by atoms with Gasteiger partial charge in [-0.15, -0.1) is 0 Å².